The summed E-state index contributed by atoms with van der Waals surface area (Å²) >= 11 is 0. The molecule has 0 aliphatic heterocycles. The molecule has 13 heteroatoms. The van der Waals surface area contributed by atoms with Crippen molar-refractivity contribution in [2.75, 3.05) is 32.0 Å². The number of nitro groups is 1. The summed E-state index contributed by atoms with van der Waals surface area (Å²) in [7, 11) is 4.40. The van der Waals surface area contributed by atoms with Gasteiger partial charge in [-0.3, -0.25) is 10.1 Å². The summed E-state index contributed by atoms with van der Waals surface area (Å²) in [4.78, 5) is 30.4. The molecule has 3 N–H and O–H groups in total. The van der Waals surface area contributed by atoms with E-state index < -0.39 is 16.6 Å². The number of carboxylic acids is 1. The van der Waals surface area contributed by atoms with Crippen LogP contribution < -0.4 is 24.8 Å². The van der Waals surface area contributed by atoms with E-state index in [1.165, 1.54) is 33.5 Å². The Bertz CT molecular complexity index is 1150. The van der Waals surface area contributed by atoms with Gasteiger partial charge in [0.2, 0.25) is 17.5 Å². The summed E-state index contributed by atoms with van der Waals surface area (Å²) < 4.78 is 15.9. The van der Waals surface area contributed by atoms with Crippen LogP contribution in [0.3, 0.4) is 0 Å². The molecule has 1 aromatic heterocycles. The number of halogens is 1. The number of nitrogens with one attached hydrogen (secondary N) is 2. The van der Waals surface area contributed by atoms with E-state index in [0.717, 1.165) is 6.20 Å². The summed E-state index contributed by atoms with van der Waals surface area (Å²) in [5.41, 5.74) is 0.103. The smallest absolute Gasteiger partial charge is 0.337 e. The minimum absolute atomic E-state index is 0. The van der Waals surface area contributed by atoms with Crippen LogP contribution in [0.1, 0.15) is 10.4 Å². The van der Waals surface area contributed by atoms with Crippen LogP contribution in [0, 0.1) is 10.1 Å². The third-order valence-electron chi connectivity index (χ3n) is 4.30. The Labute approximate surface area is 194 Å². The van der Waals surface area contributed by atoms with Gasteiger partial charge in [-0.05, 0) is 12.1 Å². The summed E-state index contributed by atoms with van der Waals surface area (Å²) in [6.07, 6.45) is 1.01. The van der Waals surface area contributed by atoms with Crippen molar-refractivity contribution in [3.05, 3.63) is 58.3 Å². The third-order valence-corrected chi connectivity index (χ3v) is 4.30. The average molecular weight is 478 g/mol. The van der Waals surface area contributed by atoms with Gasteiger partial charge in [-0.1, -0.05) is 12.1 Å². The summed E-state index contributed by atoms with van der Waals surface area (Å²) in [5, 5.41) is 26.4. The van der Waals surface area contributed by atoms with Gasteiger partial charge in [0.15, 0.2) is 11.5 Å². The zero-order chi connectivity index (χ0) is 23.3. The van der Waals surface area contributed by atoms with E-state index in [1.807, 2.05) is 0 Å². The third kappa shape index (κ3) is 5.49. The van der Waals surface area contributed by atoms with Gasteiger partial charge in [0.25, 0.3) is 0 Å². The maximum Gasteiger partial charge on any atom is 0.337 e. The molecule has 2 aromatic carbocycles. The van der Waals surface area contributed by atoms with E-state index in [4.69, 9.17) is 14.2 Å². The van der Waals surface area contributed by atoms with Crippen molar-refractivity contribution in [2.24, 2.45) is 0 Å². The van der Waals surface area contributed by atoms with Crippen LogP contribution >= 0.6 is 12.4 Å². The zero-order valence-electron chi connectivity index (χ0n) is 17.7. The first-order valence-corrected chi connectivity index (χ1v) is 9.05. The minimum Gasteiger partial charge on any atom is -0.493 e. The van der Waals surface area contributed by atoms with Gasteiger partial charge >= 0.3 is 11.7 Å². The highest BCUT2D eigenvalue weighted by Gasteiger charge is 2.21. The SMILES string of the molecule is COc1cc(Nc2ncc([N+](=O)[O-])c(Nc3ccccc3C(=O)O)n2)cc(OC)c1OC.Cl. The molecule has 0 unspecified atom stereocenters. The van der Waals surface area contributed by atoms with E-state index in [-0.39, 0.29) is 35.4 Å². The van der Waals surface area contributed by atoms with Crippen molar-refractivity contribution in [2.45, 2.75) is 0 Å². The van der Waals surface area contributed by atoms with Gasteiger partial charge < -0.3 is 30.0 Å². The van der Waals surface area contributed by atoms with Crippen molar-refractivity contribution in [1.82, 2.24) is 9.97 Å². The number of aromatic nitrogens is 2. The van der Waals surface area contributed by atoms with Crippen LogP contribution in [0.5, 0.6) is 17.2 Å². The number of rotatable bonds is 9. The molecule has 0 saturated carbocycles. The zero-order valence-corrected chi connectivity index (χ0v) is 18.5. The number of anilines is 4. The number of methoxy groups -OCH3 is 3. The lowest BCUT2D eigenvalue weighted by Gasteiger charge is -2.15. The largest absolute Gasteiger partial charge is 0.493 e. The first-order chi connectivity index (χ1) is 15.4. The van der Waals surface area contributed by atoms with Crippen molar-refractivity contribution in [3.63, 3.8) is 0 Å². The van der Waals surface area contributed by atoms with E-state index in [0.29, 0.717) is 22.9 Å². The van der Waals surface area contributed by atoms with E-state index >= 15 is 0 Å². The molecule has 0 saturated heterocycles. The molecule has 33 heavy (non-hydrogen) atoms. The topological polar surface area (TPSA) is 158 Å². The molecule has 0 spiro atoms. The number of carboxylic acid groups (broad SMARTS) is 1. The number of benzene rings is 2. The second kappa shape index (κ2) is 10.8. The highest BCUT2D eigenvalue weighted by molar-refractivity contribution is 5.95. The molecule has 0 aliphatic rings. The Hall–Kier alpha value is -4.32. The normalized spacial score (nSPS) is 9.91. The second-order valence-corrected chi connectivity index (χ2v) is 6.20. The Morgan fingerprint density at radius 1 is 1.06 bits per heavy atom. The van der Waals surface area contributed by atoms with Crippen LogP contribution in [-0.2, 0) is 0 Å². The predicted octanol–water partition coefficient (Wildman–Crippen LogP) is 4.02. The van der Waals surface area contributed by atoms with Crippen LogP contribution in [0.15, 0.2) is 42.6 Å². The fourth-order valence-corrected chi connectivity index (χ4v) is 2.85. The molecule has 0 amide bonds. The predicted molar refractivity (Wildman–Crippen MR) is 122 cm³/mol. The van der Waals surface area contributed by atoms with Gasteiger partial charge in [-0.25, -0.2) is 9.78 Å². The lowest BCUT2D eigenvalue weighted by atomic mass is 10.2. The van der Waals surface area contributed by atoms with Gasteiger partial charge in [0.05, 0.1) is 37.5 Å². The van der Waals surface area contributed by atoms with Crippen molar-refractivity contribution in [3.8, 4) is 17.2 Å². The number of ether oxygens (including phenoxy) is 3. The van der Waals surface area contributed by atoms with Gasteiger partial charge in [-0.2, -0.15) is 4.98 Å². The molecule has 0 atom stereocenters. The van der Waals surface area contributed by atoms with E-state index in [2.05, 4.69) is 20.6 Å². The molecule has 1 heterocycles. The molecular formula is C20H20ClN5O7. The monoisotopic (exact) mass is 477 g/mol. The molecule has 0 aliphatic carbocycles. The second-order valence-electron chi connectivity index (χ2n) is 6.20. The molecule has 174 valence electrons. The van der Waals surface area contributed by atoms with Crippen LogP contribution in [0.2, 0.25) is 0 Å². The molecule has 3 rings (SSSR count). The molecule has 0 fully saturated rings. The van der Waals surface area contributed by atoms with Gasteiger partial charge in [0, 0.05) is 17.8 Å². The number of aromatic carboxylic acids is 1. The molecule has 12 nitrogen and oxygen atoms in total. The average Bonchev–Trinajstić information content (AvgIpc) is 2.78. The van der Waals surface area contributed by atoms with Gasteiger partial charge in [-0.15, -0.1) is 12.4 Å². The highest BCUT2D eigenvalue weighted by Crippen LogP contribution is 2.40. The highest BCUT2D eigenvalue weighted by atomic mass is 35.5. The summed E-state index contributed by atoms with van der Waals surface area (Å²) in [6, 6.07) is 9.20. The van der Waals surface area contributed by atoms with Crippen molar-refractivity contribution in [1.29, 1.82) is 0 Å². The Kier molecular flexibility index (Phi) is 8.18. The van der Waals surface area contributed by atoms with Gasteiger partial charge in [0.1, 0.15) is 6.20 Å². The lowest BCUT2D eigenvalue weighted by Crippen LogP contribution is -2.07. The standard InChI is InChI=1S/C20H19N5O7.ClH/c1-30-15-8-11(9-16(31-2)17(15)32-3)22-20-21-10-14(25(28)29)18(24-20)23-13-7-5-4-6-12(13)19(26)27;/h4-10H,1-3H3,(H,26,27)(H2,21,22,23,24);1H. The number of carbonyl (C=O) groups is 1. The van der Waals surface area contributed by atoms with Crippen LogP contribution in [0.4, 0.5) is 28.8 Å². The molecule has 3 aromatic rings. The maximum absolute atomic E-state index is 11.5. The van der Waals surface area contributed by atoms with Crippen molar-refractivity contribution >= 4 is 47.2 Å². The molecule has 0 bridgehead atoms. The molecular weight excluding hydrogens is 458 g/mol. The Morgan fingerprint density at radius 3 is 2.24 bits per heavy atom. The Balaban J connectivity index is 0.00000385. The van der Waals surface area contributed by atoms with E-state index in [1.54, 1.807) is 24.3 Å². The van der Waals surface area contributed by atoms with Crippen LogP contribution in [0.25, 0.3) is 0 Å². The quantitative estimate of drug-likeness (QED) is 0.302. The van der Waals surface area contributed by atoms with E-state index in [9.17, 15) is 20.0 Å². The summed E-state index contributed by atoms with van der Waals surface area (Å²) in [6.45, 7) is 0. The fraction of sp³-hybridized carbons (Fsp3) is 0.150. The fourth-order valence-electron chi connectivity index (χ4n) is 2.85. The minimum atomic E-state index is -1.19. The number of nitrogens with zero attached hydrogens (tertiary/aromatic N) is 3. The number of hydrogen-bond donors (Lipinski definition) is 3. The van der Waals surface area contributed by atoms with Crippen molar-refractivity contribution < 1.29 is 29.0 Å². The lowest BCUT2D eigenvalue weighted by molar-refractivity contribution is -0.384. The number of hydrogen-bond acceptors (Lipinski definition) is 10. The Morgan fingerprint density at radius 2 is 1.70 bits per heavy atom. The molecule has 0 radical (unpaired) electrons. The summed E-state index contributed by atoms with van der Waals surface area (Å²) in [5.74, 6) is -0.220. The number of para-hydroxylation sites is 1. The maximum atomic E-state index is 11.5. The first kappa shape index (κ1) is 24.9. The van der Waals surface area contributed by atoms with Crippen LogP contribution in [-0.4, -0.2) is 47.3 Å². The first-order valence-electron chi connectivity index (χ1n) is 9.05.